The first-order valence-electron chi connectivity index (χ1n) is 5.18. The average molecular weight is 201 g/mol. The van der Waals surface area contributed by atoms with Gasteiger partial charge in [-0.05, 0) is 25.8 Å². The van der Waals surface area contributed by atoms with E-state index in [1.165, 1.54) is 6.08 Å². The Morgan fingerprint density at radius 3 is 2.93 bits per heavy atom. The van der Waals surface area contributed by atoms with Crippen molar-refractivity contribution >= 4 is 11.6 Å². The van der Waals surface area contributed by atoms with E-state index in [2.05, 4.69) is 0 Å². The maximum Gasteiger partial charge on any atom is 0.191 e. The van der Waals surface area contributed by atoms with E-state index < -0.39 is 0 Å². The number of carbonyl (C=O) groups excluding carboxylic acids is 2. The molecule has 0 unspecified atom stereocenters. The van der Waals surface area contributed by atoms with Crippen molar-refractivity contribution in [3.8, 4) is 0 Å². The van der Waals surface area contributed by atoms with Crippen LogP contribution in [0.25, 0.3) is 0 Å². The number of aryl methyl sites for hydroxylation is 1. The lowest BCUT2D eigenvalue weighted by atomic mass is 9.91. The van der Waals surface area contributed by atoms with Crippen molar-refractivity contribution in [1.29, 1.82) is 0 Å². The maximum absolute atomic E-state index is 11.9. The van der Waals surface area contributed by atoms with Crippen molar-refractivity contribution in [3.05, 3.63) is 34.7 Å². The van der Waals surface area contributed by atoms with E-state index in [1.807, 2.05) is 10.8 Å². The number of allylic oxidation sites excluding steroid dienone is 2. The standard InChI is InChI=1S/C12H11NO2/c1-7-5-10(14)8-6-13-4-2-3-9(13)11(8)12(7)15/h5-6H,2-4H2,1H3. The van der Waals surface area contributed by atoms with Crippen molar-refractivity contribution in [3.63, 3.8) is 0 Å². The minimum absolute atomic E-state index is 0.0241. The molecular formula is C12H11NO2. The fraction of sp³-hybridized carbons (Fsp3) is 0.333. The lowest BCUT2D eigenvalue weighted by molar-refractivity contribution is 0.0985. The number of aromatic nitrogens is 1. The summed E-state index contributed by atoms with van der Waals surface area (Å²) in [7, 11) is 0. The molecule has 1 aliphatic heterocycles. The van der Waals surface area contributed by atoms with E-state index in [0.717, 1.165) is 25.1 Å². The number of nitrogens with zero attached hydrogens (tertiary/aromatic N) is 1. The summed E-state index contributed by atoms with van der Waals surface area (Å²) < 4.78 is 2.05. The fourth-order valence-electron chi connectivity index (χ4n) is 2.46. The van der Waals surface area contributed by atoms with Crippen LogP contribution in [0.15, 0.2) is 17.8 Å². The molecule has 2 aliphatic rings. The van der Waals surface area contributed by atoms with Crippen molar-refractivity contribution in [2.24, 2.45) is 0 Å². The summed E-state index contributed by atoms with van der Waals surface area (Å²) in [6.07, 6.45) is 5.27. The number of fused-ring (bicyclic) bond motifs is 3. The zero-order chi connectivity index (χ0) is 10.6. The Morgan fingerprint density at radius 2 is 2.13 bits per heavy atom. The number of hydrogen-bond donors (Lipinski definition) is 0. The van der Waals surface area contributed by atoms with E-state index >= 15 is 0 Å². The topological polar surface area (TPSA) is 39.1 Å². The average Bonchev–Trinajstić information content (AvgIpc) is 2.72. The molecule has 0 bridgehead atoms. The molecular weight excluding hydrogens is 190 g/mol. The second-order valence-corrected chi connectivity index (χ2v) is 4.18. The highest BCUT2D eigenvalue weighted by Crippen LogP contribution is 2.30. The Bertz CT molecular complexity index is 520. The van der Waals surface area contributed by atoms with Crippen LogP contribution in [-0.4, -0.2) is 16.1 Å². The van der Waals surface area contributed by atoms with Crippen molar-refractivity contribution in [1.82, 2.24) is 4.57 Å². The summed E-state index contributed by atoms with van der Waals surface area (Å²) in [4.78, 5) is 23.7. The van der Waals surface area contributed by atoms with Crippen LogP contribution in [0.2, 0.25) is 0 Å². The first kappa shape index (κ1) is 8.65. The molecule has 15 heavy (non-hydrogen) atoms. The molecule has 0 radical (unpaired) electrons. The van der Waals surface area contributed by atoms with Gasteiger partial charge in [-0.1, -0.05) is 0 Å². The molecule has 0 atom stereocenters. The molecule has 76 valence electrons. The monoisotopic (exact) mass is 201 g/mol. The zero-order valence-corrected chi connectivity index (χ0v) is 8.54. The van der Waals surface area contributed by atoms with Crippen LogP contribution in [0.3, 0.4) is 0 Å². The lowest BCUT2D eigenvalue weighted by Gasteiger charge is -2.09. The van der Waals surface area contributed by atoms with Gasteiger partial charge in [0.1, 0.15) is 0 Å². The summed E-state index contributed by atoms with van der Waals surface area (Å²) in [5, 5.41) is 0. The highest BCUT2D eigenvalue weighted by atomic mass is 16.1. The van der Waals surface area contributed by atoms with Gasteiger partial charge in [-0.2, -0.15) is 0 Å². The quantitative estimate of drug-likeness (QED) is 0.641. The SMILES string of the molecule is CC1=CC(=O)c2cn3c(c2C1=O)CCC3. The Labute approximate surface area is 87.4 Å². The van der Waals surface area contributed by atoms with Gasteiger partial charge in [0.05, 0.1) is 11.1 Å². The molecule has 0 aromatic carbocycles. The first-order valence-corrected chi connectivity index (χ1v) is 5.18. The van der Waals surface area contributed by atoms with E-state index in [1.54, 1.807) is 6.92 Å². The highest BCUT2D eigenvalue weighted by Gasteiger charge is 2.30. The minimum atomic E-state index is -0.0241. The first-order chi connectivity index (χ1) is 7.18. The summed E-state index contributed by atoms with van der Waals surface area (Å²) in [5.74, 6) is 0.00394. The van der Waals surface area contributed by atoms with E-state index in [0.29, 0.717) is 16.7 Å². The zero-order valence-electron chi connectivity index (χ0n) is 8.54. The molecule has 3 rings (SSSR count). The van der Waals surface area contributed by atoms with E-state index in [4.69, 9.17) is 0 Å². The van der Waals surface area contributed by atoms with Gasteiger partial charge in [-0.25, -0.2) is 0 Å². The van der Waals surface area contributed by atoms with Crippen molar-refractivity contribution in [2.75, 3.05) is 0 Å². The Hall–Kier alpha value is -1.64. The van der Waals surface area contributed by atoms with Crippen LogP contribution in [0.4, 0.5) is 0 Å². The van der Waals surface area contributed by atoms with Gasteiger partial charge in [0, 0.05) is 24.0 Å². The van der Waals surface area contributed by atoms with Crippen LogP contribution in [0.1, 0.15) is 39.8 Å². The van der Waals surface area contributed by atoms with Gasteiger partial charge in [0.25, 0.3) is 0 Å². The molecule has 1 aliphatic carbocycles. The largest absolute Gasteiger partial charge is 0.350 e. The van der Waals surface area contributed by atoms with Gasteiger partial charge in [0.2, 0.25) is 0 Å². The summed E-state index contributed by atoms with van der Waals surface area (Å²) in [6, 6.07) is 0. The van der Waals surface area contributed by atoms with Crippen LogP contribution in [0, 0.1) is 0 Å². The Kier molecular flexibility index (Phi) is 1.55. The predicted molar refractivity (Wildman–Crippen MR) is 55.2 cm³/mol. The maximum atomic E-state index is 11.9. The summed E-state index contributed by atoms with van der Waals surface area (Å²) in [6.45, 7) is 2.64. The van der Waals surface area contributed by atoms with Crippen molar-refractivity contribution < 1.29 is 9.59 Å². The minimum Gasteiger partial charge on any atom is -0.350 e. The smallest absolute Gasteiger partial charge is 0.191 e. The normalized spacial score (nSPS) is 18.9. The number of hydrogen-bond acceptors (Lipinski definition) is 2. The van der Waals surface area contributed by atoms with E-state index in [-0.39, 0.29) is 11.6 Å². The number of ketones is 2. The molecule has 0 spiro atoms. The fourth-order valence-corrected chi connectivity index (χ4v) is 2.46. The molecule has 1 aromatic rings. The van der Waals surface area contributed by atoms with Gasteiger partial charge in [-0.15, -0.1) is 0 Å². The number of carbonyl (C=O) groups is 2. The second kappa shape index (κ2) is 2.69. The molecule has 1 aromatic heterocycles. The predicted octanol–water partition coefficient (Wildman–Crippen LogP) is 1.76. The number of rotatable bonds is 0. The molecule has 0 N–H and O–H groups in total. The Morgan fingerprint density at radius 1 is 1.33 bits per heavy atom. The molecule has 3 nitrogen and oxygen atoms in total. The third-order valence-corrected chi connectivity index (χ3v) is 3.20. The van der Waals surface area contributed by atoms with Gasteiger partial charge < -0.3 is 4.57 Å². The summed E-state index contributed by atoms with van der Waals surface area (Å²) in [5.41, 5.74) is 2.88. The van der Waals surface area contributed by atoms with Crippen LogP contribution >= 0.6 is 0 Å². The Balaban J connectivity index is 2.29. The molecule has 3 heteroatoms. The molecule has 2 heterocycles. The van der Waals surface area contributed by atoms with Gasteiger partial charge in [-0.3, -0.25) is 9.59 Å². The molecule has 0 saturated carbocycles. The van der Waals surface area contributed by atoms with Crippen LogP contribution in [-0.2, 0) is 13.0 Å². The molecule has 0 amide bonds. The van der Waals surface area contributed by atoms with Gasteiger partial charge in [0.15, 0.2) is 11.6 Å². The third kappa shape index (κ3) is 1.00. The summed E-state index contributed by atoms with van der Waals surface area (Å²) >= 11 is 0. The van der Waals surface area contributed by atoms with Crippen molar-refractivity contribution in [2.45, 2.75) is 26.3 Å². The number of Topliss-reactive ketones (excluding diaryl/α,β-unsaturated/α-hetero) is 1. The van der Waals surface area contributed by atoms with Crippen LogP contribution < -0.4 is 0 Å². The van der Waals surface area contributed by atoms with E-state index in [9.17, 15) is 9.59 Å². The van der Waals surface area contributed by atoms with Gasteiger partial charge >= 0.3 is 0 Å². The third-order valence-electron chi connectivity index (χ3n) is 3.20. The second-order valence-electron chi connectivity index (χ2n) is 4.18. The highest BCUT2D eigenvalue weighted by molar-refractivity contribution is 6.24. The molecule has 0 fully saturated rings. The molecule has 0 saturated heterocycles. The van der Waals surface area contributed by atoms with Crippen LogP contribution in [0.5, 0.6) is 0 Å². The lowest BCUT2D eigenvalue weighted by Crippen LogP contribution is -2.14.